The lowest BCUT2D eigenvalue weighted by molar-refractivity contribution is 0.0664. The summed E-state index contributed by atoms with van der Waals surface area (Å²) in [5.41, 5.74) is 1.76. The first-order valence-electron chi connectivity index (χ1n) is 14.1. The van der Waals surface area contributed by atoms with Crippen molar-refractivity contribution in [2.45, 2.75) is 45.1 Å². The molecule has 226 valence electrons. The van der Waals surface area contributed by atoms with Crippen molar-refractivity contribution in [3.05, 3.63) is 120 Å². The van der Waals surface area contributed by atoms with Crippen LogP contribution in [-0.4, -0.2) is 51.5 Å². The first kappa shape index (κ1) is 31.8. The van der Waals surface area contributed by atoms with Crippen LogP contribution in [0.4, 0.5) is 4.39 Å². The van der Waals surface area contributed by atoms with Crippen LogP contribution in [0.3, 0.4) is 0 Å². The average molecular weight is 608 g/mol. The number of benzene rings is 2. The second-order valence-electron chi connectivity index (χ2n) is 10.7. The highest BCUT2D eigenvalue weighted by molar-refractivity contribution is 6.09. The number of aromatic nitrogens is 4. The van der Waals surface area contributed by atoms with Crippen molar-refractivity contribution in [2.75, 3.05) is 19.8 Å². The Morgan fingerprint density at radius 1 is 1.02 bits per heavy atom. The van der Waals surface area contributed by atoms with Gasteiger partial charge < -0.3 is 25.0 Å². The summed E-state index contributed by atoms with van der Waals surface area (Å²) in [6.07, 6.45) is 3.95. The molecule has 1 saturated heterocycles. The third-order valence-electron chi connectivity index (χ3n) is 7.42. The number of morpholine rings is 1. The topological polar surface area (TPSA) is 133 Å². The molecule has 0 bridgehead atoms. The van der Waals surface area contributed by atoms with E-state index in [1.807, 2.05) is 13.8 Å². The normalized spacial score (nSPS) is 16.7. The van der Waals surface area contributed by atoms with Crippen LogP contribution in [0.15, 0.2) is 58.1 Å². The van der Waals surface area contributed by atoms with E-state index in [1.54, 1.807) is 30.3 Å². The number of nitrogens with zero attached hydrogens (tertiary/aromatic N) is 1. The molecule has 4 aromatic rings. The van der Waals surface area contributed by atoms with Crippen LogP contribution in [0.2, 0.25) is 0 Å². The molecule has 0 radical (unpaired) electrons. The predicted molar refractivity (Wildman–Crippen MR) is 166 cm³/mol. The molecule has 2 atom stereocenters. The number of hydrogen-bond acceptors (Lipinski definition) is 6. The van der Waals surface area contributed by atoms with Crippen LogP contribution in [0.5, 0.6) is 0 Å². The highest BCUT2D eigenvalue weighted by Gasteiger charge is 2.27. The Labute approximate surface area is 253 Å². The second kappa shape index (κ2) is 13.9. The zero-order chi connectivity index (χ0) is 29.8. The van der Waals surface area contributed by atoms with E-state index in [0.29, 0.717) is 35.6 Å². The maximum absolute atomic E-state index is 13.3. The van der Waals surface area contributed by atoms with E-state index in [4.69, 9.17) is 9.72 Å². The number of nitrogens with one attached hydrogen (secondary N) is 4. The van der Waals surface area contributed by atoms with E-state index in [0.717, 1.165) is 24.5 Å². The molecule has 0 spiro atoms. The molecule has 0 amide bonds. The van der Waals surface area contributed by atoms with Gasteiger partial charge in [-0.05, 0) is 60.4 Å². The van der Waals surface area contributed by atoms with Gasteiger partial charge in [-0.1, -0.05) is 39.0 Å². The number of carbonyl (C=O) groups is 1. The molecule has 1 aliphatic rings. The summed E-state index contributed by atoms with van der Waals surface area (Å²) in [6, 6.07) is 12.1. The summed E-state index contributed by atoms with van der Waals surface area (Å²) in [5, 5.41) is 3.64. The van der Waals surface area contributed by atoms with Gasteiger partial charge in [-0.3, -0.25) is 14.4 Å². The van der Waals surface area contributed by atoms with Crippen LogP contribution < -0.4 is 27.1 Å². The monoisotopic (exact) mass is 607 g/mol. The third-order valence-corrected chi connectivity index (χ3v) is 7.42. The smallest absolute Gasteiger partial charge is 0.272 e. The van der Waals surface area contributed by atoms with Gasteiger partial charge in [0, 0.05) is 35.3 Å². The number of imidazole rings is 1. The molecular formula is C32H35ClFN5O4. The highest BCUT2D eigenvalue weighted by atomic mass is 35.5. The van der Waals surface area contributed by atoms with Gasteiger partial charge in [-0.25, -0.2) is 9.37 Å². The number of aromatic amines is 3. The van der Waals surface area contributed by atoms with Gasteiger partial charge >= 0.3 is 0 Å². The lowest BCUT2D eigenvalue weighted by Crippen LogP contribution is -2.46. The number of H-pyrrole nitrogens is 3. The molecule has 2 aromatic heterocycles. The van der Waals surface area contributed by atoms with Gasteiger partial charge in [0.15, 0.2) is 5.78 Å². The summed E-state index contributed by atoms with van der Waals surface area (Å²) in [4.78, 5) is 52.6. The number of rotatable bonds is 8. The van der Waals surface area contributed by atoms with Crippen molar-refractivity contribution in [3.8, 4) is 0 Å². The van der Waals surface area contributed by atoms with E-state index < -0.39 is 16.9 Å². The summed E-state index contributed by atoms with van der Waals surface area (Å²) in [6.45, 7) is 8.25. The Morgan fingerprint density at radius 3 is 2.35 bits per heavy atom. The van der Waals surface area contributed by atoms with Crippen LogP contribution in [0.25, 0.3) is 12.2 Å². The van der Waals surface area contributed by atoms with Crippen LogP contribution in [-0.2, 0) is 4.74 Å². The molecule has 2 unspecified atom stereocenters. The predicted octanol–water partition coefficient (Wildman–Crippen LogP) is 2.84. The van der Waals surface area contributed by atoms with Crippen molar-refractivity contribution < 1.29 is 13.9 Å². The zero-order valence-corrected chi connectivity index (χ0v) is 25.0. The van der Waals surface area contributed by atoms with Crippen molar-refractivity contribution >= 4 is 30.3 Å². The molecule has 2 aromatic carbocycles. The first-order valence-corrected chi connectivity index (χ1v) is 14.1. The molecular weight excluding hydrogens is 573 g/mol. The third kappa shape index (κ3) is 7.27. The van der Waals surface area contributed by atoms with Gasteiger partial charge in [0.1, 0.15) is 22.3 Å². The highest BCUT2D eigenvalue weighted by Crippen LogP contribution is 2.27. The Bertz CT molecular complexity index is 1820. The molecule has 4 N–H and O–H groups in total. The Hall–Kier alpha value is -4.12. The maximum Gasteiger partial charge on any atom is 0.272 e. The SMILES string of the molecule is CCC(c1nc(/C=c2\[nH]c(=O)/c(=C/c3cccc(C(=O)c4ccc(F)cc4)c3)[nH]c2=O)c(C(C)C)[nH]1)C1COCCN1.Cl. The van der Waals surface area contributed by atoms with Gasteiger partial charge in [0.05, 0.1) is 18.9 Å². The van der Waals surface area contributed by atoms with Crippen molar-refractivity contribution in [3.63, 3.8) is 0 Å². The Kier molecular flexibility index (Phi) is 10.3. The van der Waals surface area contributed by atoms with Gasteiger partial charge in [-0.2, -0.15) is 0 Å². The zero-order valence-electron chi connectivity index (χ0n) is 24.2. The van der Waals surface area contributed by atoms with Crippen molar-refractivity contribution in [1.29, 1.82) is 0 Å². The van der Waals surface area contributed by atoms with Crippen molar-refractivity contribution in [2.24, 2.45) is 0 Å². The van der Waals surface area contributed by atoms with E-state index >= 15 is 0 Å². The lowest BCUT2D eigenvalue weighted by Gasteiger charge is -2.29. The first-order chi connectivity index (χ1) is 20.2. The van der Waals surface area contributed by atoms with E-state index in [-0.39, 0.29) is 46.8 Å². The summed E-state index contributed by atoms with van der Waals surface area (Å²) in [7, 11) is 0. The molecule has 0 saturated carbocycles. The molecule has 11 heteroatoms. The summed E-state index contributed by atoms with van der Waals surface area (Å²) < 4.78 is 18.9. The van der Waals surface area contributed by atoms with Crippen LogP contribution in [0.1, 0.15) is 77.7 Å². The molecule has 1 aliphatic heterocycles. The summed E-state index contributed by atoms with van der Waals surface area (Å²) >= 11 is 0. The molecule has 5 rings (SSSR count). The Morgan fingerprint density at radius 2 is 1.72 bits per heavy atom. The van der Waals surface area contributed by atoms with Crippen molar-refractivity contribution in [1.82, 2.24) is 25.3 Å². The fourth-order valence-corrected chi connectivity index (χ4v) is 5.20. The number of ether oxygens (including phenoxy) is 1. The number of carbonyl (C=O) groups excluding carboxylic acids is 1. The number of halogens is 2. The second-order valence-corrected chi connectivity index (χ2v) is 10.7. The van der Waals surface area contributed by atoms with Crippen LogP contribution >= 0.6 is 12.4 Å². The molecule has 9 nitrogen and oxygen atoms in total. The molecule has 0 aliphatic carbocycles. The Balaban J connectivity index is 0.00000423. The van der Waals surface area contributed by atoms with Crippen LogP contribution in [0, 0.1) is 5.82 Å². The number of hydrogen-bond donors (Lipinski definition) is 4. The fraction of sp³-hybridized carbons (Fsp3) is 0.312. The van der Waals surface area contributed by atoms with Gasteiger partial charge in [0.25, 0.3) is 11.1 Å². The summed E-state index contributed by atoms with van der Waals surface area (Å²) in [5.74, 6) is 0.310. The minimum Gasteiger partial charge on any atom is -0.378 e. The van der Waals surface area contributed by atoms with E-state index in [9.17, 15) is 18.8 Å². The number of ketones is 1. The average Bonchev–Trinajstić information content (AvgIpc) is 3.40. The van der Waals surface area contributed by atoms with E-state index in [1.165, 1.54) is 30.3 Å². The quantitative estimate of drug-likeness (QED) is 0.228. The van der Waals surface area contributed by atoms with Gasteiger partial charge in [0.2, 0.25) is 0 Å². The molecule has 1 fully saturated rings. The minimum absolute atomic E-state index is 0. The fourth-order valence-electron chi connectivity index (χ4n) is 5.20. The molecule has 43 heavy (non-hydrogen) atoms. The maximum atomic E-state index is 13.3. The molecule has 3 heterocycles. The van der Waals surface area contributed by atoms with Gasteiger partial charge in [-0.15, -0.1) is 12.4 Å². The largest absolute Gasteiger partial charge is 0.378 e. The minimum atomic E-state index is -0.493. The standard InChI is InChI=1S/C32H34FN5O4.ClH/c1-4-23(27-17-42-13-12-34-27)30-35-24(28(38-30)18(2)3)16-26-32(41)36-25(31(40)37-26)15-19-6-5-7-21(14-19)29(39)20-8-10-22(33)11-9-20;/h5-11,14-16,18,23,27,34H,4,12-13,17H2,1-3H3,(H,35,38)(H,36,41)(H,37,40);1H/b25-15-,26-16-;. The van der Waals surface area contributed by atoms with E-state index in [2.05, 4.69) is 27.2 Å². The lowest BCUT2D eigenvalue weighted by atomic mass is 9.96.